The molecule has 0 unspecified atom stereocenters. The van der Waals surface area contributed by atoms with Crippen LogP contribution < -0.4 is 10.6 Å². The predicted molar refractivity (Wildman–Crippen MR) is 102 cm³/mol. The van der Waals surface area contributed by atoms with Gasteiger partial charge in [0.05, 0.1) is 17.9 Å². The van der Waals surface area contributed by atoms with Gasteiger partial charge < -0.3 is 10.6 Å². The van der Waals surface area contributed by atoms with E-state index in [1.54, 1.807) is 11.3 Å². The maximum Gasteiger partial charge on any atom is 0.133 e. The summed E-state index contributed by atoms with van der Waals surface area (Å²) in [7, 11) is 0. The number of nitrogens with zero attached hydrogens (tertiary/aromatic N) is 3. The smallest absolute Gasteiger partial charge is 0.133 e. The van der Waals surface area contributed by atoms with Crippen molar-refractivity contribution in [3.63, 3.8) is 0 Å². The SMILES string of the molecule is Cc1nc2c(c(NCc3nc(-c4ccccc4)cs3)n1)CCNCC2. The molecule has 2 aromatic heterocycles. The van der Waals surface area contributed by atoms with Crippen LogP contribution in [0.1, 0.15) is 22.1 Å². The summed E-state index contributed by atoms with van der Waals surface area (Å²) < 4.78 is 0. The molecule has 0 aliphatic carbocycles. The van der Waals surface area contributed by atoms with Crippen LogP contribution in [0.15, 0.2) is 35.7 Å². The minimum atomic E-state index is 0.688. The number of nitrogens with one attached hydrogen (secondary N) is 2. The molecule has 5 nitrogen and oxygen atoms in total. The lowest BCUT2D eigenvalue weighted by Crippen LogP contribution is -2.16. The average Bonchev–Trinajstić information content (AvgIpc) is 2.98. The Balaban J connectivity index is 1.52. The normalized spacial score (nSPS) is 14.0. The van der Waals surface area contributed by atoms with E-state index in [0.717, 1.165) is 53.8 Å². The van der Waals surface area contributed by atoms with E-state index in [2.05, 4.69) is 38.1 Å². The largest absolute Gasteiger partial charge is 0.363 e. The van der Waals surface area contributed by atoms with Gasteiger partial charge >= 0.3 is 0 Å². The lowest BCUT2D eigenvalue weighted by Gasteiger charge is -2.12. The van der Waals surface area contributed by atoms with Gasteiger partial charge in [0.1, 0.15) is 16.6 Å². The molecule has 0 atom stereocenters. The van der Waals surface area contributed by atoms with Gasteiger partial charge in [-0.3, -0.25) is 0 Å². The third kappa shape index (κ3) is 3.70. The van der Waals surface area contributed by atoms with Crippen LogP contribution in [0.2, 0.25) is 0 Å². The highest BCUT2D eigenvalue weighted by atomic mass is 32.1. The molecule has 128 valence electrons. The fourth-order valence-corrected chi connectivity index (χ4v) is 3.85. The number of hydrogen-bond donors (Lipinski definition) is 2. The van der Waals surface area contributed by atoms with Crippen molar-refractivity contribution in [3.05, 3.63) is 57.8 Å². The van der Waals surface area contributed by atoms with Crippen LogP contribution in [0, 0.1) is 6.92 Å². The predicted octanol–water partition coefficient (Wildman–Crippen LogP) is 3.21. The van der Waals surface area contributed by atoms with Crippen LogP contribution in [-0.4, -0.2) is 28.0 Å². The molecular weight excluding hydrogens is 330 g/mol. The van der Waals surface area contributed by atoms with Gasteiger partial charge in [0.25, 0.3) is 0 Å². The molecule has 6 heteroatoms. The summed E-state index contributed by atoms with van der Waals surface area (Å²) in [6, 6.07) is 10.3. The zero-order valence-corrected chi connectivity index (χ0v) is 15.1. The van der Waals surface area contributed by atoms with Crippen LogP contribution in [-0.2, 0) is 19.4 Å². The third-order valence-corrected chi connectivity index (χ3v) is 5.17. The molecule has 4 rings (SSSR count). The molecule has 1 aliphatic heterocycles. The summed E-state index contributed by atoms with van der Waals surface area (Å²) in [5.41, 5.74) is 4.60. The first-order chi connectivity index (χ1) is 12.3. The Morgan fingerprint density at radius 1 is 1.08 bits per heavy atom. The highest BCUT2D eigenvalue weighted by Gasteiger charge is 2.15. The Labute approximate surface area is 151 Å². The van der Waals surface area contributed by atoms with Gasteiger partial charge in [-0.25, -0.2) is 15.0 Å². The number of rotatable bonds is 4. The fourth-order valence-electron chi connectivity index (χ4n) is 3.11. The number of hydrogen-bond acceptors (Lipinski definition) is 6. The summed E-state index contributed by atoms with van der Waals surface area (Å²) in [6.45, 7) is 4.60. The Kier molecular flexibility index (Phi) is 4.72. The first-order valence-corrected chi connectivity index (χ1v) is 9.48. The first-order valence-electron chi connectivity index (χ1n) is 8.60. The quantitative estimate of drug-likeness (QED) is 0.756. The average molecular weight is 351 g/mol. The van der Waals surface area contributed by atoms with Gasteiger partial charge in [0, 0.05) is 29.5 Å². The molecule has 3 aromatic rings. The van der Waals surface area contributed by atoms with E-state index >= 15 is 0 Å². The van der Waals surface area contributed by atoms with Gasteiger partial charge in [-0.15, -0.1) is 11.3 Å². The molecule has 0 radical (unpaired) electrons. The summed E-state index contributed by atoms with van der Waals surface area (Å²) in [5.74, 6) is 1.79. The highest BCUT2D eigenvalue weighted by molar-refractivity contribution is 7.09. The number of fused-ring (bicyclic) bond motifs is 1. The molecule has 0 spiro atoms. The Morgan fingerprint density at radius 3 is 2.80 bits per heavy atom. The number of anilines is 1. The third-order valence-electron chi connectivity index (χ3n) is 4.32. The van der Waals surface area contributed by atoms with Crippen LogP contribution in [0.5, 0.6) is 0 Å². The summed E-state index contributed by atoms with van der Waals surface area (Å²) in [4.78, 5) is 14.0. The highest BCUT2D eigenvalue weighted by Crippen LogP contribution is 2.24. The van der Waals surface area contributed by atoms with E-state index in [0.29, 0.717) is 6.54 Å². The maximum atomic E-state index is 4.75. The van der Waals surface area contributed by atoms with Crippen LogP contribution in [0.3, 0.4) is 0 Å². The fraction of sp³-hybridized carbons (Fsp3) is 0.316. The van der Waals surface area contributed by atoms with E-state index < -0.39 is 0 Å². The van der Waals surface area contributed by atoms with Crippen molar-refractivity contribution in [1.29, 1.82) is 0 Å². The molecule has 0 fully saturated rings. The van der Waals surface area contributed by atoms with Crippen molar-refractivity contribution in [3.8, 4) is 11.3 Å². The topological polar surface area (TPSA) is 62.7 Å². The number of benzene rings is 1. The Hall–Kier alpha value is -2.31. The Bertz CT molecular complexity index is 860. The van der Waals surface area contributed by atoms with Crippen LogP contribution in [0.25, 0.3) is 11.3 Å². The molecule has 3 heterocycles. The van der Waals surface area contributed by atoms with Crippen molar-refractivity contribution in [2.45, 2.75) is 26.3 Å². The van der Waals surface area contributed by atoms with E-state index in [1.807, 2.05) is 25.1 Å². The number of thiazole rings is 1. The van der Waals surface area contributed by atoms with Gasteiger partial charge in [0.2, 0.25) is 0 Å². The second-order valence-electron chi connectivity index (χ2n) is 6.14. The lowest BCUT2D eigenvalue weighted by atomic mass is 10.1. The first kappa shape index (κ1) is 16.2. The zero-order valence-electron chi connectivity index (χ0n) is 14.2. The van der Waals surface area contributed by atoms with Gasteiger partial charge in [-0.05, 0) is 19.9 Å². The number of aryl methyl sites for hydroxylation is 1. The van der Waals surface area contributed by atoms with Crippen molar-refractivity contribution in [2.24, 2.45) is 0 Å². The lowest BCUT2D eigenvalue weighted by molar-refractivity contribution is 0.708. The molecule has 1 aromatic carbocycles. The van der Waals surface area contributed by atoms with E-state index in [4.69, 9.17) is 4.98 Å². The maximum absolute atomic E-state index is 4.75. The summed E-state index contributed by atoms with van der Waals surface area (Å²) >= 11 is 1.68. The molecule has 0 amide bonds. The second kappa shape index (κ2) is 7.29. The Morgan fingerprint density at radius 2 is 1.92 bits per heavy atom. The second-order valence-corrected chi connectivity index (χ2v) is 7.08. The van der Waals surface area contributed by atoms with E-state index in [-0.39, 0.29) is 0 Å². The van der Waals surface area contributed by atoms with Crippen molar-refractivity contribution < 1.29 is 0 Å². The van der Waals surface area contributed by atoms with Crippen molar-refractivity contribution in [2.75, 3.05) is 18.4 Å². The standard InChI is InChI=1S/C19H21N5S/c1-13-22-16-8-10-20-9-7-15(16)19(23-13)21-11-18-24-17(12-25-18)14-5-3-2-4-6-14/h2-6,12,20H,7-11H2,1H3,(H,21,22,23). The zero-order chi connectivity index (χ0) is 17.1. The summed E-state index contributed by atoms with van der Waals surface area (Å²) in [5, 5.41) is 10.1. The molecule has 0 saturated carbocycles. The minimum Gasteiger partial charge on any atom is -0.363 e. The van der Waals surface area contributed by atoms with Crippen molar-refractivity contribution in [1.82, 2.24) is 20.3 Å². The van der Waals surface area contributed by atoms with E-state index in [9.17, 15) is 0 Å². The molecule has 1 aliphatic rings. The van der Waals surface area contributed by atoms with Crippen LogP contribution >= 0.6 is 11.3 Å². The number of aromatic nitrogens is 3. The minimum absolute atomic E-state index is 0.688. The van der Waals surface area contributed by atoms with Gasteiger partial charge in [-0.1, -0.05) is 30.3 Å². The molecule has 0 saturated heterocycles. The monoisotopic (exact) mass is 351 g/mol. The van der Waals surface area contributed by atoms with Crippen LogP contribution in [0.4, 0.5) is 5.82 Å². The molecule has 25 heavy (non-hydrogen) atoms. The molecule has 2 N–H and O–H groups in total. The van der Waals surface area contributed by atoms with Gasteiger partial charge in [-0.2, -0.15) is 0 Å². The summed E-state index contributed by atoms with van der Waals surface area (Å²) in [6.07, 6.45) is 1.92. The van der Waals surface area contributed by atoms with Gasteiger partial charge in [0.15, 0.2) is 0 Å². The molecular formula is C19H21N5S. The molecule has 0 bridgehead atoms. The van der Waals surface area contributed by atoms with E-state index in [1.165, 1.54) is 11.3 Å². The van der Waals surface area contributed by atoms with Crippen molar-refractivity contribution >= 4 is 17.2 Å².